The van der Waals surface area contributed by atoms with Gasteiger partial charge in [0.05, 0.1) is 13.2 Å². The van der Waals surface area contributed by atoms with Crippen LogP contribution in [0.15, 0.2) is 18.2 Å². The summed E-state index contributed by atoms with van der Waals surface area (Å²) >= 11 is 0. The fourth-order valence-corrected chi connectivity index (χ4v) is 1.70. The van der Waals surface area contributed by atoms with Crippen LogP contribution in [0.5, 0.6) is 11.5 Å². The third kappa shape index (κ3) is 2.07. The van der Waals surface area contributed by atoms with Crippen LogP contribution < -0.4 is 9.47 Å². The van der Waals surface area contributed by atoms with E-state index in [9.17, 15) is 0 Å². The molecule has 0 saturated carbocycles. The van der Waals surface area contributed by atoms with Gasteiger partial charge in [0.2, 0.25) is 0 Å². The number of fused-ring (bicyclic) bond motifs is 1. The third-order valence-corrected chi connectivity index (χ3v) is 2.61. The van der Waals surface area contributed by atoms with Gasteiger partial charge in [-0.05, 0) is 6.07 Å². The Kier molecular flexibility index (Phi) is 3.11. The number of ether oxygens (including phenoxy) is 2. The Morgan fingerprint density at radius 2 is 2.13 bits per heavy atom. The first kappa shape index (κ1) is 10.3. The summed E-state index contributed by atoms with van der Waals surface area (Å²) in [7, 11) is 0. The number of benzene rings is 1. The van der Waals surface area contributed by atoms with Gasteiger partial charge in [0.15, 0.2) is 11.5 Å². The van der Waals surface area contributed by atoms with E-state index in [2.05, 4.69) is 0 Å². The van der Waals surface area contributed by atoms with Crippen LogP contribution >= 0.6 is 0 Å². The molecule has 1 N–H and O–H groups in total. The smallest absolute Gasteiger partial charge is 0.164 e. The first-order chi connectivity index (χ1) is 7.33. The van der Waals surface area contributed by atoms with Gasteiger partial charge in [0.25, 0.3) is 0 Å². The zero-order valence-electron chi connectivity index (χ0n) is 8.90. The quantitative estimate of drug-likeness (QED) is 0.807. The van der Waals surface area contributed by atoms with Gasteiger partial charge in [0, 0.05) is 24.5 Å². The van der Waals surface area contributed by atoms with Gasteiger partial charge in [-0.25, -0.2) is 0 Å². The Morgan fingerprint density at radius 1 is 1.33 bits per heavy atom. The summed E-state index contributed by atoms with van der Waals surface area (Å²) in [6.45, 7) is 3.48. The molecule has 3 heteroatoms. The molecule has 1 aliphatic rings. The molecule has 3 nitrogen and oxygen atoms in total. The molecule has 0 radical (unpaired) electrons. The van der Waals surface area contributed by atoms with E-state index in [1.165, 1.54) is 0 Å². The van der Waals surface area contributed by atoms with Crippen molar-refractivity contribution in [2.24, 2.45) is 0 Å². The van der Waals surface area contributed by atoms with Gasteiger partial charge in [-0.2, -0.15) is 0 Å². The molecular formula is C12H16O3. The number of aliphatic hydroxyl groups is 1. The molecule has 1 heterocycles. The monoisotopic (exact) mass is 208 g/mol. The fraction of sp³-hybridized carbons (Fsp3) is 0.500. The number of para-hydroxylation sites is 1. The highest BCUT2D eigenvalue weighted by molar-refractivity contribution is 5.48. The molecule has 0 aliphatic carbocycles. The van der Waals surface area contributed by atoms with Crippen molar-refractivity contribution in [3.63, 3.8) is 0 Å². The van der Waals surface area contributed by atoms with E-state index in [1.807, 2.05) is 25.1 Å². The summed E-state index contributed by atoms with van der Waals surface area (Å²) in [6, 6.07) is 5.83. The van der Waals surface area contributed by atoms with Gasteiger partial charge < -0.3 is 14.6 Å². The third-order valence-electron chi connectivity index (χ3n) is 2.61. The molecule has 1 aromatic rings. The lowest BCUT2D eigenvalue weighted by molar-refractivity contribution is 0.265. The minimum Gasteiger partial charge on any atom is -0.490 e. The van der Waals surface area contributed by atoms with Crippen molar-refractivity contribution >= 4 is 0 Å². The van der Waals surface area contributed by atoms with E-state index >= 15 is 0 Å². The summed E-state index contributed by atoms with van der Waals surface area (Å²) in [5.74, 6) is 1.68. The van der Waals surface area contributed by atoms with E-state index in [0.717, 1.165) is 23.5 Å². The van der Waals surface area contributed by atoms with Gasteiger partial charge in [-0.1, -0.05) is 19.1 Å². The van der Waals surface area contributed by atoms with Crippen LogP contribution in [0.3, 0.4) is 0 Å². The summed E-state index contributed by atoms with van der Waals surface area (Å²) in [5, 5.41) is 9.16. The minimum absolute atomic E-state index is 0.0849. The molecular weight excluding hydrogens is 192 g/mol. The molecule has 0 saturated heterocycles. The van der Waals surface area contributed by atoms with Crippen LogP contribution in [0.1, 0.15) is 24.8 Å². The van der Waals surface area contributed by atoms with Crippen molar-refractivity contribution < 1.29 is 14.6 Å². The topological polar surface area (TPSA) is 38.7 Å². The van der Waals surface area contributed by atoms with Crippen molar-refractivity contribution in [3.8, 4) is 11.5 Å². The Balaban J connectivity index is 2.38. The highest BCUT2D eigenvalue weighted by atomic mass is 16.5. The van der Waals surface area contributed by atoms with Crippen LogP contribution in [0, 0.1) is 0 Å². The number of rotatable bonds is 2. The van der Waals surface area contributed by atoms with E-state index in [1.54, 1.807) is 0 Å². The first-order valence-electron chi connectivity index (χ1n) is 5.32. The lowest BCUT2D eigenvalue weighted by atomic mass is 10.0. The van der Waals surface area contributed by atoms with Gasteiger partial charge in [-0.15, -0.1) is 0 Å². The van der Waals surface area contributed by atoms with Crippen LogP contribution in [0.25, 0.3) is 0 Å². The van der Waals surface area contributed by atoms with Crippen molar-refractivity contribution in [1.82, 2.24) is 0 Å². The van der Waals surface area contributed by atoms with E-state index in [-0.39, 0.29) is 12.5 Å². The maximum Gasteiger partial charge on any atom is 0.164 e. The standard InChI is InChI=1S/C12H16O3/c1-9(8-13)10-4-2-5-11-12(10)15-7-3-6-14-11/h2,4-5,9,13H,3,6-8H2,1H3. The average Bonchev–Trinajstić information content (AvgIpc) is 2.52. The number of aliphatic hydroxyl groups excluding tert-OH is 1. The second-order valence-electron chi connectivity index (χ2n) is 3.81. The maximum absolute atomic E-state index is 9.16. The molecule has 1 atom stereocenters. The Bertz CT molecular complexity index is 336. The molecule has 0 spiro atoms. The normalized spacial score (nSPS) is 16.9. The fourth-order valence-electron chi connectivity index (χ4n) is 1.70. The molecule has 2 rings (SSSR count). The first-order valence-corrected chi connectivity index (χ1v) is 5.32. The Labute approximate surface area is 89.6 Å². The number of hydrogen-bond donors (Lipinski definition) is 1. The zero-order valence-corrected chi connectivity index (χ0v) is 8.90. The summed E-state index contributed by atoms with van der Waals surface area (Å²) in [6.07, 6.45) is 0.904. The molecule has 15 heavy (non-hydrogen) atoms. The van der Waals surface area contributed by atoms with Gasteiger partial charge in [0.1, 0.15) is 0 Å². The van der Waals surface area contributed by atoms with Crippen molar-refractivity contribution in [3.05, 3.63) is 23.8 Å². The van der Waals surface area contributed by atoms with E-state index in [0.29, 0.717) is 13.2 Å². The average molecular weight is 208 g/mol. The molecule has 0 bridgehead atoms. The number of hydrogen-bond acceptors (Lipinski definition) is 3. The largest absolute Gasteiger partial charge is 0.490 e. The van der Waals surface area contributed by atoms with Crippen LogP contribution in [-0.2, 0) is 0 Å². The lowest BCUT2D eigenvalue weighted by Gasteiger charge is -2.15. The molecule has 1 aromatic carbocycles. The summed E-state index contributed by atoms with van der Waals surface area (Å²) in [5.41, 5.74) is 1.02. The van der Waals surface area contributed by atoms with Crippen LogP contribution in [-0.4, -0.2) is 24.9 Å². The molecule has 0 fully saturated rings. The van der Waals surface area contributed by atoms with Crippen molar-refractivity contribution in [2.45, 2.75) is 19.3 Å². The summed E-state index contributed by atoms with van der Waals surface area (Å²) in [4.78, 5) is 0. The SMILES string of the molecule is CC(CO)c1cccc2c1OCCCO2. The molecule has 1 aliphatic heterocycles. The second kappa shape index (κ2) is 4.53. The summed E-state index contributed by atoms with van der Waals surface area (Å²) < 4.78 is 11.2. The highest BCUT2D eigenvalue weighted by Gasteiger charge is 2.17. The lowest BCUT2D eigenvalue weighted by Crippen LogP contribution is -2.03. The Hall–Kier alpha value is -1.22. The van der Waals surface area contributed by atoms with Crippen molar-refractivity contribution in [2.75, 3.05) is 19.8 Å². The Morgan fingerprint density at radius 3 is 2.93 bits per heavy atom. The van der Waals surface area contributed by atoms with Crippen LogP contribution in [0.2, 0.25) is 0 Å². The second-order valence-corrected chi connectivity index (χ2v) is 3.81. The predicted molar refractivity (Wildman–Crippen MR) is 57.5 cm³/mol. The highest BCUT2D eigenvalue weighted by Crippen LogP contribution is 2.36. The van der Waals surface area contributed by atoms with E-state index in [4.69, 9.17) is 14.6 Å². The maximum atomic E-state index is 9.16. The van der Waals surface area contributed by atoms with Gasteiger partial charge in [-0.3, -0.25) is 0 Å². The molecule has 0 amide bonds. The van der Waals surface area contributed by atoms with Crippen LogP contribution in [0.4, 0.5) is 0 Å². The predicted octanol–water partition coefficient (Wildman–Crippen LogP) is 1.94. The molecule has 1 unspecified atom stereocenters. The van der Waals surface area contributed by atoms with E-state index < -0.39 is 0 Å². The van der Waals surface area contributed by atoms with Crippen molar-refractivity contribution in [1.29, 1.82) is 0 Å². The molecule has 0 aromatic heterocycles. The molecule has 82 valence electrons. The van der Waals surface area contributed by atoms with Gasteiger partial charge >= 0.3 is 0 Å². The minimum atomic E-state index is 0.0849. The zero-order chi connectivity index (χ0) is 10.7.